The average molecular weight is 290 g/mol. The first kappa shape index (κ1) is 14.1. The normalized spacial score (nSPS) is 10.4. The lowest BCUT2D eigenvalue weighted by atomic mass is 10.0. The van der Waals surface area contributed by atoms with Gasteiger partial charge < -0.3 is 10.5 Å². The molecule has 0 saturated heterocycles. The van der Waals surface area contributed by atoms with Crippen molar-refractivity contribution in [2.24, 2.45) is 0 Å². The van der Waals surface area contributed by atoms with Crippen LogP contribution in [0.15, 0.2) is 66.9 Å². The summed E-state index contributed by atoms with van der Waals surface area (Å²) in [6.07, 6.45) is 1.81. The molecular weight excluding hydrogens is 272 g/mol. The van der Waals surface area contributed by atoms with Crippen LogP contribution in [0.4, 0.5) is 5.69 Å². The van der Waals surface area contributed by atoms with E-state index in [1.807, 2.05) is 73.8 Å². The zero-order chi connectivity index (χ0) is 15.4. The molecule has 3 nitrogen and oxygen atoms in total. The van der Waals surface area contributed by atoms with Gasteiger partial charge in [0.15, 0.2) is 0 Å². The molecule has 2 N–H and O–H groups in total. The molecule has 110 valence electrons. The smallest absolute Gasteiger partial charge is 0.129 e. The largest absolute Gasteiger partial charge is 0.488 e. The number of hydrogen-bond acceptors (Lipinski definition) is 3. The van der Waals surface area contributed by atoms with Crippen LogP contribution >= 0.6 is 0 Å². The molecule has 0 atom stereocenters. The van der Waals surface area contributed by atoms with Crippen LogP contribution in [0.1, 0.15) is 11.3 Å². The van der Waals surface area contributed by atoms with Gasteiger partial charge in [0.2, 0.25) is 0 Å². The SMILES string of the molecule is Cc1cc(-c2ccc(N)cc2OCc2ccccc2)ccn1. The number of pyridine rings is 1. The van der Waals surface area contributed by atoms with Crippen LogP contribution in [-0.2, 0) is 6.61 Å². The fourth-order valence-corrected chi connectivity index (χ4v) is 2.35. The Balaban J connectivity index is 1.91. The second-order valence-electron chi connectivity index (χ2n) is 5.22. The van der Waals surface area contributed by atoms with Crippen LogP contribution in [0.3, 0.4) is 0 Å². The van der Waals surface area contributed by atoms with Gasteiger partial charge in [-0.2, -0.15) is 0 Å². The highest BCUT2D eigenvalue weighted by molar-refractivity contribution is 5.73. The minimum absolute atomic E-state index is 0.515. The molecule has 3 aromatic rings. The van der Waals surface area contributed by atoms with E-state index >= 15 is 0 Å². The minimum atomic E-state index is 0.515. The molecule has 1 heterocycles. The summed E-state index contributed by atoms with van der Waals surface area (Å²) in [7, 11) is 0. The van der Waals surface area contributed by atoms with Gasteiger partial charge in [-0.25, -0.2) is 0 Å². The maximum absolute atomic E-state index is 6.00. The van der Waals surface area contributed by atoms with E-state index in [0.29, 0.717) is 12.3 Å². The first-order chi connectivity index (χ1) is 10.7. The summed E-state index contributed by atoms with van der Waals surface area (Å²) in [6, 6.07) is 19.9. The Morgan fingerprint density at radius 3 is 2.59 bits per heavy atom. The molecule has 0 amide bonds. The summed E-state index contributed by atoms with van der Waals surface area (Å²) in [6.45, 7) is 2.49. The van der Waals surface area contributed by atoms with Gasteiger partial charge in [0.05, 0.1) is 0 Å². The van der Waals surface area contributed by atoms with Gasteiger partial charge in [-0.15, -0.1) is 0 Å². The molecule has 0 aliphatic heterocycles. The summed E-state index contributed by atoms with van der Waals surface area (Å²) in [5, 5.41) is 0. The highest BCUT2D eigenvalue weighted by Gasteiger charge is 2.08. The Bertz CT molecular complexity index is 769. The number of nitrogens with two attached hydrogens (primary N) is 1. The fourth-order valence-electron chi connectivity index (χ4n) is 2.35. The number of rotatable bonds is 4. The molecule has 3 heteroatoms. The number of ether oxygens (including phenoxy) is 1. The van der Waals surface area contributed by atoms with Crippen molar-refractivity contribution in [3.63, 3.8) is 0 Å². The highest BCUT2D eigenvalue weighted by atomic mass is 16.5. The Morgan fingerprint density at radius 2 is 1.82 bits per heavy atom. The molecule has 0 saturated carbocycles. The maximum atomic E-state index is 6.00. The number of aromatic nitrogens is 1. The third-order valence-corrected chi connectivity index (χ3v) is 3.45. The molecule has 0 unspecified atom stereocenters. The van der Waals surface area contributed by atoms with Crippen LogP contribution in [0, 0.1) is 6.92 Å². The Kier molecular flexibility index (Phi) is 4.05. The lowest BCUT2D eigenvalue weighted by molar-refractivity contribution is 0.307. The second kappa shape index (κ2) is 6.31. The van der Waals surface area contributed by atoms with E-state index in [2.05, 4.69) is 4.98 Å². The van der Waals surface area contributed by atoms with Crippen molar-refractivity contribution in [3.8, 4) is 16.9 Å². The number of anilines is 1. The molecule has 0 spiro atoms. The van der Waals surface area contributed by atoms with E-state index in [1.165, 1.54) is 0 Å². The third kappa shape index (κ3) is 3.26. The zero-order valence-electron chi connectivity index (χ0n) is 12.5. The monoisotopic (exact) mass is 290 g/mol. The van der Waals surface area contributed by atoms with E-state index in [0.717, 1.165) is 28.1 Å². The topological polar surface area (TPSA) is 48.1 Å². The molecule has 1 aromatic heterocycles. The van der Waals surface area contributed by atoms with Gasteiger partial charge in [0, 0.05) is 29.2 Å². The first-order valence-electron chi connectivity index (χ1n) is 7.21. The average Bonchev–Trinajstić information content (AvgIpc) is 2.54. The van der Waals surface area contributed by atoms with Crippen molar-refractivity contribution in [3.05, 3.63) is 78.1 Å². The summed E-state index contributed by atoms with van der Waals surface area (Å²) >= 11 is 0. The van der Waals surface area contributed by atoms with Crippen LogP contribution in [0.25, 0.3) is 11.1 Å². The van der Waals surface area contributed by atoms with Crippen LogP contribution in [-0.4, -0.2) is 4.98 Å². The zero-order valence-corrected chi connectivity index (χ0v) is 12.5. The number of nitrogen functional groups attached to an aromatic ring is 1. The van der Waals surface area contributed by atoms with Gasteiger partial charge in [-0.05, 0) is 42.3 Å². The lowest BCUT2D eigenvalue weighted by Crippen LogP contribution is -1.98. The van der Waals surface area contributed by atoms with E-state index < -0.39 is 0 Å². The van der Waals surface area contributed by atoms with E-state index in [9.17, 15) is 0 Å². The Hall–Kier alpha value is -2.81. The number of benzene rings is 2. The van der Waals surface area contributed by atoms with E-state index in [4.69, 9.17) is 10.5 Å². The van der Waals surface area contributed by atoms with Crippen LogP contribution in [0.2, 0.25) is 0 Å². The highest BCUT2D eigenvalue weighted by Crippen LogP contribution is 2.32. The third-order valence-electron chi connectivity index (χ3n) is 3.45. The maximum Gasteiger partial charge on any atom is 0.129 e. The summed E-state index contributed by atoms with van der Waals surface area (Å²) in [4.78, 5) is 4.24. The molecule has 0 fully saturated rings. The van der Waals surface area contributed by atoms with Gasteiger partial charge >= 0.3 is 0 Å². The molecule has 3 rings (SSSR count). The van der Waals surface area contributed by atoms with Gasteiger partial charge in [0.1, 0.15) is 12.4 Å². The molecule has 0 aliphatic carbocycles. The van der Waals surface area contributed by atoms with E-state index in [1.54, 1.807) is 0 Å². The lowest BCUT2D eigenvalue weighted by Gasteiger charge is -2.13. The van der Waals surface area contributed by atoms with Gasteiger partial charge in [-0.3, -0.25) is 4.98 Å². The van der Waals surface area contributed by atoms with Gasteiger partial charge in [0.25, 0.3) is 0 Å². The molecule has 0 bridgehead atoms. The Labute approximate surface area is 130 Å². The number of aryl methyl sites for hydroxylation is 1. The van der Waals surface area contributed by atoms with Crippen molar-refractivity contribution >= 4 is 5.69 Å². The molecule has 0 aliphatic rings. The molecule has 0 radical (unpaired) electrons. The number of nitrogens with zero attached hydrogens (tertiary/aromatic N) is 1. The second-order valence-corrected chi connectivity index (χ2v) is 5.22. The Morgan fingerprint density at radius 1 is 1.00 bits per heavy atom. The minimum Gasteiger partial charge on any atom is -0.488 e. The summed E-state index contributed by atoms with van der Waals surface area (Å²) in [5.74, 6) is 0.787. The van der Waals surface area contributed by atoms with Crippen LogP contribution < -0.4 is 10.5 Å². The predicted octanol–water partition coefficient (Wildman–Crippen LogP) is 4.22. The quantitative estimate of drug-likeness (QED) is 0.732. The fraction of sp³-hybridized carbons (Fsp3) is 0.105. The van der Waals surface area contributed by atoms with Crippen molar-refractivity contribution in [1.29, 1.82) is 0 Å². The molecule has 22 heavy (non-hydrogen) atoms. The summed E-state index contributed by atoms with van der Waals surface area (Å²) < 4.78 is 6.00. The van der Waals surface area contributed by atoms with E-state index in [-0.39, 0.29) is 0 Å². The predicted molar refractivity (Wildman–Crippen MR) is 89.6 cm³/mol. The summed E-state index contributed by atoms with van der Waals surface area (Å²) in [5.41, 5.74) is 10.8. The molecule has 2 aromatic carbocycles. The standard InChI is InChI=1S/C19H18N2O/c1-14-11-16(9-10-21-14)18-8-7-17(20)12-19(18)22-13-15-5-3-2-4-6-15/h2-12H,13,20H2,1H3. The van der Waals surface area contributed by atoms with Gasteiger partial charge in [-0.1, -0.05) is 30.3 Å². The number of hydrogen-bond donors (Lipinski definition) is 1. The van der Waals surface area contributed by atoms with Crippen molar-refractivity contribution in [2.45, 2.75) is 13.5 Å². The van der Waals surface area contributed by atoms with Crippen molar-refractivity contribution in [2.75, 3.05) is 5.73 Å². The molecular formula is C19H18N2O. The van der Waals surface area contributed by atoms with Crippen molar-refractivity contribution < 1.29 is 4.74 Å². The first-order valence-corrected chi connectivity index (χ1v) is 7.21. The van der Waals surface area contributed by atoms with Crippen LogP contribution in [0.5, 0.6) is 5.75 Å². The van der Waals surface area contributed by atoms with Crippen molar-refractivity contribution in [1.82, 2.24) is 4.98 Å².